The van der Waals surface area contributed by atoms with Crippen molar-refractivity contribution in [2.24, 2.45) is 5.92 Å². The first-order chi connectivity index (χ1) is 11.7. The number of hydrogen-bond acceptors (Lipinski definition) is 6. The van der Waals surface area contributed by atoms with E-state index in [4.69, 9.17) is 9.47 Å². The molecule has 0 aliphatic heterocycles. The van der Waals surface area contributed by atoms with Crippen molar-refractivity contribution >= 4 is 22.4 Å². The van der Waals surface area contributed by atoms with Gasteiger partial charge >= 0.3 is 0 Å². The van der Waals surface area contributed by atoms with E-state index in [-0.39, 0.29) is 11.8 Å². The predicted octanol–water partition coefficient (Wildman–Crippen LogP) is 2.99. The summed E-state index contributed by atoms with van der Waals surface area (Å²) >= 11 is 1.42. The first kappa shape index (κ1) is 16.9. The third-order valence-electron chi connectivity index (χ3n) is 3.77. The molecular formula is C17H21N3O3S. The van der Waals surface area contributed by atoms with E-state index in [0.717, 1.165) is 29.2 Å². The SMILES string of the molecule is CCOc1ccc(-c2nnc(N(CCOC)C(=O)C3CC3)s2)cc1. The molecule has 1 aliphatic rings. The van der Waals surface area contributed by atoms with Gasteiger partial charge in [-0.25, -0.2) is 0 Å². The van der Waals surface area contributed by atoms with Crippen molar-refractivity contribution in [3.63, 3.8) is 0 Å². The molecule has 0 N–H and O–H groups in total. The van der Waals surface area contributed by atoms with Gasteiger partial charge in [0.15, 0.2) is 0 Å². The molecule has 128 valence electrons. The number of anilines is 1. The maximum Gasteiger partial charge on any atom is 0.232 e. The molecule has 1 saturated carbocycles. The van der Waals surface area contributed by atoms with Crippen molar-refractivity contribution in [1.29, 1.82) is 0 Å². The second kappa shape index (κ2) is 7.72. The van der Waals surface area contributed by atoms with E-state index < -0.39 is 0 Å². The Hall–Kier alpha value is -1.99. The van der Waals surface area contributed by atoms with E-state index in [1.807, 2.05) is 31.2 Å². The Bertz CT molecular complexity index is 683. The van der Waals surface area contributed by atoms with Crippen molar-refractivity contribution in [2.75, 3.05) is 31.8 Å². The van der Waals surface area contributed by atoms with Crippen LogP contribution in [0.15, 0.2) is 24.3 Å². The summed E-state index contributed by atoms with van der Waals surface area (Å²) in [4.78, 5) is 14.2. The largest absolute Gasteiger partial charge is 0.494 e. The van der Waals surface area contributed by atoms with E-state index in [2.05, 4.69) is 10.2 Å². The van der Waals surface area contributed by atoms with Crippen molar-refractivity contribution in [1.82, 2.24) is 10.2 Å². The van der Waals surface area contributed by atoms with Crippen molar-refractivity contribution in [3.05, 3.63) is 24.3 Å². The Morgan fingerprint density at radius 1 is 1.29 bits per heavy atom. The molecule has 0 unspecified atom stereocenters. The van der Waals surface area contributed by atoms with Crippen LogP contribution >= 0.6 is 11.3 Å². The molecular weight excluding hydrogens is 326 g/mol. The molecule has 0 bridgehead atoms. The van der Waals surface area contributed by atoms with Crippen LogP contribution in [-0.2, 0) is 9.53 Å². The number of carbonyl (C=O) groups is 1. The molecule has 3 rings (SSSR count). The summed E-state index contributed by atoms with van der Waals surface area (Å²) in [5.74, 6) is 1.10. The lowest BCUT2D eigenvalue weighted by Gasteiger charge is -2.18. The van der Waals surface area contributed by atoms with Gasteiger partial charge in [-0.3, -0.25) is 9.69 Å². The molecule has 1 heterocycles. The monoisotopic (exact) mass is 347 g/mol. The summed E-state index contributed by atoms with van der Waals surface area (Å²) in [5, 5.41) is 9.89. The highest BCUT2D eigenvalue weighted by molar-refractivity contribution is 7.18. The first-order valence-electron chi connectivity index (χ1n) is 8.10. The quantitative estimate of drug-likeness (QED) is 0.734. The second-order valence-corrected chi connectivity index (χ2v) is 6.56. The number of aromatic nitrogens is 2. The summed E-state index contributed by atoms with van der Waals surface area (Å²) in [6, 6.07) is 7.74. The molecule has 0 saturated heterocycles. The lowest BCUT2D eigenvalue weighted by atomic mass is 10.2. The van der Waals surface area contributed by atoms with Gasteiger partial charge in [0.25, 0.3) is 0 Å². The molecule has 0 radical (unpaired) electrons. The molecule has 7 heteroatoms. The molecule has 1 amide bonds. The fourth-order valence-corrected chi connectivity index (χ4v) is 3.22. The molecule has 2 aromatic rings. The normalized spacial score (nSPS) is 13.8. The maximum atomic E-state index is 12.5. The Balaban J connectivity index is 1.77. The molecule has 0 spiro atoms. The van der Waals surface area contributed by atoms with Crippen LogP contribution in [0, 0.1) is 5.92 Å². The molecule has 1 aromatic heterocycles. The molecule has 0 atom stereocenters. The first-order valence-corrected chi connectivity index (χ1v) is 8.91. The van der Waals surface area contributed by atoms with Crippen molar-refractivity contribution in [2.45, 2.75) is 19.8 Å². The average Bonchev–Trinajstić information content (AvgIpc) is 3.34. The van der Waals surface area contributed by atoms with Gasteiger partial charge in [-0.2, -0.15) is 0 Å². The minimum Gasteiger partial charge on any atom is -0.494 e. The van der Waals surface area contributed by atoms with Crippen LogP contribution in [0.3, 0.4) is 0 Å². The summed E-state index contributed by atoms with van der Waals surface area (Å²) < 4.78 is 10.6. The molecule has 1 fully saturated rings. The maximum absolute atomic E-state index is 12.5. The van der Waals surface area contributed by atoms with Crippen LogP contribution in [0.2, 0.25) is 0 Å². The van der Waals surface area contributed by atoms with E-state index in [1.54, 1.807) is 12.0 Å². The van der Waals surface area contributed by atoms with E-state index in [0.29, 0.717) is 24.9 Å². The summed E-state index contributed by atoms with van der Waals surface area (Å²) in [5.41, 5.74) is 0.966. The second-order valence-electron chi connectivity index (χ2n) is 5.60. The van der Waals surface area contributed by atoms with Gasteiger partial charge in [0.05, 0.1) is 19.8 Å². The third kappa shape index (κ3) is 3.91. The van der Waals surface area contributed by atoms with Crippen LogP contribution < -0.4 is 9.64 Å². The summed E-state index contributed by atoms with van der Waals surface area (Å²) in [7, 11) is 1.63. The average molecular weight is 347 g/mol. The number of amides is 1. The Labute approximate surface area is 145 Å². The number of carbonyl (C=O) groups excluding carboxylic acids is 1. The molecule has 6 nitrogen and oxygen atoms in total. The van der Waals surface area contributed by atoms with Gasteiger partial charge in [0, 0.05) is 18.6 Å². The molecule has 1 aromatic carbocycles. The van der Waals surface area contributed by atoms with Crippen LogP contribution in [-0.4, -0.2) is 43.0 Å². The summed E-state index contributed by atoms with van der Waals surface area (Å²) in [6.45, 7) is 3.58. The third-order valence-corrected chi connectivity index (χ3v) is 4.76. The van der Waals surface area contributed by atoms with Gasteiger partial charge in [0.1, 0.15) is 10.8 Å². The number of hydrogen-bond donors (Lipinski definition) is 0. The molecule has 1 aliphatic carbocycles. The van der Waals surface area contributed by atoms with E-state index in [9.17, 15) is 4.79 Å². The fourth-order valence-electron chi connectivity index (χ4n) is 2.33. The van der Waals surface area contributed by atoms with E-state index in [1.165, 1.54) is 11.3 Å². The van der Waals surface area contributed by atoms with Crippen LogP contribution in [0.1, 0.15) is 19.8 Å². The highest BCUT2D eigenvalue weighted by atomic mass is 32.1. The van der Waals surface area contributed by atoms with Crippen molar-refractivity contribution < 1.29 is 14.3 Å². The van der Waals surface area contributed by atoms with Gasteiger partial charge in [-0.15, -0.1) is 10.2 Å². The zero-order valence-electron chi connectivity index (χ0n) is 13.9. The Morgan fingerprint density at radius 3 is 2.67 bits per heavy atom. The number of ether oxygens (including phenoxy) is 2. The minimum absolute atomic E-state index is 0.126. The zero-order chi connectivity index (χ0) is 16.9. The number of benzene rings is 1. The Kier molecular flexibility index (Phi) is 5.42. The zero-order valence-corrected chi connectivity index (χ0v) is 14.7. The van der Waals surface area contributed by atoms with Crippen LogP contribution in [0.25, 0.3) is 10.6 Å². The van der Waals surface area contributed by atoms with Gasteiger partial charge in [0.2, 0.25) is 11.0 Å². The minimum atomic E-state index is 0.126. The highest BCUT2D eigenvalue weighted by Crippen LogP contribution is 2.35. The molecule has 24 heavy (non-hydrogen) atoms. The number of methoxy groups -OCH3 is 1. The van der Waals surface area contributed by atoms with Gasteiger partial charge in [-0.1, -0.05) is 11.3 Å². The van der Waals surface area contributed by atoms with E-state index >= 15 is 0 Å². The Morgan fingerprint density at radius 2 is 2.04 bits per heavy atom. The smallest absolute Gasteiger partial charge is 0.232 e. The summed E-state index contributed by atoms with van der Waals surface area (Å²) in [6.07, 6.45) is 1.93. The topological polar surface area (TPSA) is 64.6 Å². The number of rotatable bonds is 8. The fraction of sp³-hybridized carbons (Fsp3) is 0.471. The number of nitrogens with zero attached hydrogens (tertiary/aromatic N) is 3. The van der Waals surface area contributed by atoms with Gasteiger partial charge < -0.3 is 9.47 Å². The lowest BCUT2D eigenvalue weighted by molar-refractivity contribution is -0.119. The highest BCUT2D eigenvalue weighted by Gasteiger charge is 2.35. The van der Waals surface area contributed by atoms with Gasteiger partial charge in [-0.05, 0) is 44.0 Å². The van der Waals surface area contributed by atoms with Crippen LogP contribution in [0.5, 0.6) is 5.75 Å². The van der Waals surface area contributed by atoms with Crippen LogP contribution in [0.4, 0.5) is 5.13 Å². The van der Waals surface area contributed by atoms with Crippen molar-refractivity contribution in [3.8, 4) is 16.3 Å². The predicted molar refractivity (Wildman–Crippen MR) is 93.5 cm³/mol. The standard InChI is InChI=1S/C17H21N3O3S/c1-3-23-14-8-6-12(7-9-14)15-18-19-17(24-15)20(10-11-22-2)16(21)13-4-5-13/h6-9,13H,3-5,10-11H2,1-2H3. The lowest BCUT2D eigenvalue weighted by Crippen LogP contribution is -2.35.